The van der Waals surface area contributed by atoms with Gasteiger partial charge in [-0.1, -0.05) is 0 Å². The van der Waals surface area contributed by atoms with Gasteiger partial charge in [-0.2, -0.15) is 0 Å². The Kier molecular flexibility index (Phi) is 1.41. The Hall–Kier alpha value is -1.57. The van der Waals surface area contributed by atoms with Gasteiger partial charge in [0.05, 0.1) is 1.37 Å². The zero-order valence-corrected chi connectivity index (χ0v) is 6.37. The van der Waals surface area contributed by atoms with Crippen molar-refractivity contribution in [3.8, 4) is 5.69 Å². The van der Waals surface area contributed by atoms with Crippen LogP contribution in [0.4, 0.5) is 4.39 Å². The Morgan fingerprint density at radius 2 is 1.92 bits per heavy atom. The summed E-state index contributed by atoms with van der Waals surface area (Å²) >= 11 is 0. The van der Waals surface area contributed by atoms with Gasteiger partial charge in [-0.05, 0) is 36.4 Å². The van der Waals surface area contributed by atoms with Crippen molar-refractivity contribution in [2.75, 3.05) is 0 Å². The second-order valence-corrected chi connectivity index (χ2v) is 2.49. The molecule has 2 aromatic rings. The zero-order valence-electron chi connectivity index (χ0n) is 7.37. The van der Waals surface area contributed by atoms with Gasteiger partial charge in [0, 0.05) is 18.1 Å². The lowest BCUT2D eigenvalue weighted by Crippen LogP contribution is -1.88. The van der Waals surface area contributed by atoms with Crippen molar-refractivity contribution in [3.63, 3.8) is 0 Å². The maximum Gasteiger partial charge on any atom is 0.123 e. The monoisotopic (exact) mass is 162 g/mol. The standard InChI is InChI=1S/C10H8FN/c11-9-3-5-10(6-4-9)12-7-1-2-8-12/h1-8H/i3D. The second kappa shape index (κ2) is 2.81. The fraction of sp³-hybridized carbons (Fsp3) is 0. The average molecular weight is 162 g/mol. The summed E-state index contributed by atoms with van der Waals surface area (Å²) in [6, 6.07) is 8.13. The smallest absolute Gasteiger partial charge is 0.123 e. The first-order valence-corrected chi connectivity index (χ1v) is 3.67. The van der Waals surface area contributed by atoms with E-state index in [4.69, 9.17) is 1.37 Å². The van der Waals surface area contributed by atoms with E-state index in [9.17, 15) is 4.39 Å². The van der Waals surface area contributed by atoms with Crippen LogP contribution >= 0.6 is 0 Å². The van der Waals surface area contributed by atoms with E-state index in [0.29, 0.717) is 0 Å². The molecule has 1 heterocycles. The van der Waals surface area contributed by atoms with Crippen molar-refractivity contribution in [1.82, 2.24) is 4.57 Å². The highest BCUT2D eigenvalue weighted by Crippen LogP contribution is 2.08. The third-order valence-electron chi connectivity index (χ3n) is 1.66. The van der Waals surface area contributed by atoms with Crippen molar-refractivity contribution in [2.24, 2.45) is 0 Å². The Labute approximate surface area is 71.5 Å². The van der Waals surface area contributed by atoms with Gasteiger partial charge in [-0.3, -0.25) is 0 Å². The first-order chi connectivity index (χ1) is 6.27. The van der Waals surface area contributed by atoms with Gasteiger partial charge in [-0.25, -0.2) is 4.39 Å². The fourth-order valence-electron chi connectivity index (χ4n) is 1.06. The van der Waals surface area contributed by atoms with Crippen LogP contribution in [0.1, 0.15) is 1.37 Å². The van der Waals surface area contributed by atoms with E-state index in [1.165, 1.54) is 12.1 Å². The molecule has 0 bridgehead atoms. The second-order valence-electron chi connectivity index (χ2n) is 2.49. The number of benzene rings is 1. The summed E-state index contributed by atoms with van der Waals surface area (Å²) in [5.74, 6) is -0.490. The highest BCUT2D eigenvalue weighted by molar-refractivity contribution is 5.32. The Balaban J connectivity index is 2.49. The molecule has 2 heteroatoms. The fourth-order valence-corrected chi connectivity index (χ4v) is 1.06. The van der Waals surface area contributed by atoms with Gasteiger partial charge in [-0.15, -0.1) is 0 Å². The van der Waals surface area contributed by atoms with E-state index in [1.54, 1.807) is 6.07 Å². The summed E-state index contributed by atoms with van der Waals surface area (Å²) in [5.41, 5.74) is 0.802. The van der Waals surface area contributed by atoms with Gasteiger partial charge in [0.1, 0.15) is 5.82 Å². The lowest BCUT2D eigenvalue weighted by molar-refractivity contribution is 0.627. The molecule has 0 aliphatic heterocycles. The molecule has 0 N–H and O–H groups in total. The van der Waals surface area contributed by atoms with E-state index in [2.05, 4.69) is 0 Å². The van der Waals surface area contributed by atoms with Crippen LogP contribution in [-0.4, -0.2) is 4.57 Å². The molecule has 2 rings (SSSR count). The van der Waals surface area contributed by atoms with Gasteiger partial charge >= 0.3 is 0 Å². The predicted molar refractivity (Wildman–Crippen MR) is 45.7 cm³/mol. The summed E-state index contributed by atoms with van der Waals surface area (Å²) in [6.45, 7) is 0. The summed E-state index contributed by atoms with van der Waals surface area (Å²) < 4.78 is 21.8. The van der Waals surface area contributed by atoms with Crippen LogP contribution in [0.3, 0.4) is 0 Å². The third-order valence-corrected chi connectivity index (χ3v) is 1.66. The van der Waals surface area contributed by atoms with E-state index < -0.39 is 5.82 Å². The van der Waals surface area contributed by atoms with Crippen LogP contribution < -0.4 is 0 Å². The third kappa shape index (κ3) is 1.23. The van der Waals surface area contributed by atoms with Crippen LogP contribution in [0, 0.1) is 5.82 Å². The van der Waals surface area contributed by atoms with Gasteiger partial charge < -0.3 is 4.57 Å². The molecule has 0 amide bonds. The number of nitrogens with zero attached hydrogens (tertiary/aromatic N) is 1. The Morgan fingerprint density at radius 3 is 2.58 bits per heavy atom. The lowest BCUT2D eigenvalue weighted by atomic mass is 10.3. The van der Waals surface area contributed by atoms with Gasteiger partial charge in [0.25, 0.3) is 0 Å². The average Bonchev–Trinajstić information content (AvgIpc) is 2.62. The molecular weight excluding hydrogens is 153 g/mol. The first kappa shape index (κ1) is 6.00. The molecule has 0 saturated heterocycles. The molecule has 0 unspecified atom stereocenters. The van der Waals surface area contributed by atoms with Crippen LogP contribution in [0.5, 0.6) is 0 Å². The maximum atomic E-state index is 12.7. The van der Waals surface area contributed by atoms with E-state index >= 15 is 0 Å². The lowest BCUT2D eigenvalue weighted by Gasteiger charge is -2.00. The Bertz CT molecular complexity index is 409. The van der Waals surface area contributed by atoms with Crippen molar-refractivity contribution >= 4 is 0 Å². The van der Waals surface area contributed by atoms with Crippen LogP contribution in [0.25, 0.3) is 5.69 Å². The van der Waals surface area contributed by atoms with Gasteiger partial charge in [0.15, 0.2) is 0 Å². The number of hydrogen-bond acceptors (Lipinski definition) is 0. The minimum Gasteiger partial charge on any atom is -0.324 e. The zero-order chi connectivity index (χ0) is 9.26. The normalized spacial score (nSPS) is 11.2. The number of rotatable bonds is 1. The number of halogens is 1. The molecule has 0 saturated carbocycles. The van der Waals surface area contributed by atoms with Crippen LogP contribution in [0.2, 0.25) is 0 Å². The SMILES string of the molecule is [2H]c1cc(-n2cccc2)ccc1F. The quantitative estimate of drug-likeness (QED) is 0.607. The molecule has 60 valence electrons. The summed E-state index contributed by atoms with van der Waals surface area (Å²) in [4.78, 5) is 0. The maximum absolute atomic E-state index is 12.7. The summed E-state index contributed by atoms with van der Waals surface area (Å²) in [7, 11) is 0. The molecular formula is C10H8FN. The summed E-state index contributed by atoms with van der Waals surface area (Å²) in [5, 5.41) is 0. The van der Waals surface area contributed by atoms with Gasteiger partial charge in [0.2, 0.25) is 0 Å². The van der Waals surface area contributed by atoms with E-state index in [-0.39, 0.29) is 6.04 Å². The molecule has 0 aliphatic rings. The van der Waals surface area contributed by atoms with Crippen molar-refractivity contribution in [2.45, 2.75) is 0 Å². The topological polar surface area (TPSA) is 4.93 Å². The molecule has 12 heavy (non-hydrogen) atoms. The van der Waals surface area contributed by atoms with Crippen LogP contribution in [-0.2, 0) is 0 Å². The van der Waals surface area contributed by atoms with Crippen molar-refractivity contribution in [1.29, 1.82) is 0 Å². The van der Waals surface area contributed by atoms with Crippen molar-refractivity contribution in [3.05, 3.63) is 54.6 Å². The molecule has 1 aromatic heterocycles. The largest absolute Gasteiger partial charge is 0.324 e. The molecule has 0 fully saturated rings. The molecule has 0 aliphatic carbocycles. The number of hydrogen-bond donors (Lipinski definition) is 0. The molecule has 0 spiro atoms. The molecule has 1 nitrogen and oxygen atoms in total. The minimum absolute atomic E-state index is 0.0776. The molecule has 1 aromatic carbocycles. The van der Waals surface area contributed by atoms with E-state index in [1.807, 2.05) is 29.1 Å². The predicted octanol–water partition coefficient (Wildman–Crippen LogP) is 2.62. The number of aromatic nitrogens is 1. The summed E-state index contributed by atoms with van der Waals surface area (Å²) in [6.07, 6.45) is 3.71. The highest BCUT2D eigenvalue weighted by atomic mass is 19.1. The first-order valence-electron chi connectivity index (χ1n) is 4.17. The molecule has 0 radical (unpaired) electrons. The highest BCUT2D eigenvalue weighted by Gasteiger charge is 1.93. The van der Waals surface area contributed by atoms with E-state index in [0.717, 1.165) is 5.69 Å². The van der Waals surface area contributed by atoms with Crippen molar-refractivity contribution < 1.29 is 5.76 Å². The molecule has 0 atom stereocenters. The van der Waals surface area contributed by atoms with Crippen LogP contribution in [0.15, 0.2) is 48.8 Å². The Morgan fingerprint density at radius 1 is 1.17 bits per heavy atom. The minimum atomic E-state index is -0.490.